The number of cyclic esters (lactones) is 1. The summed E-state index contributed by atoms with van der Waals surface area (Å²) in [6.07, 6.45) is 4.97. The van der Waals surface area contributed by atoms with Crippen LogP contribution in [0.4, 0.5) is 0 Å². The summed E-state index contributed by atoms with van der Waals surface area (Å²) in [4.78, 5) is 78.9. The van der Waals surface area contributed by atoms with E-state index in [0.29, 0.717) is 43.5 Å². The number of pyridine rings is 1. The summed E-state index contributed by atoms with van der Waals surface area (Å²) in [6.45, 7) is 11.0. The van der Waals surface area contributed by atoms with Gasteiger partial charge >= 0.3 is 5.97 Å². The molecule has 67 heavy (non-hydrogen) atoms. The Hall–Kier alpha value is -6.28. The number of likely N-dealkylation sites (tertiary alicyclic amines) is 1. The maximum atomic E-state index is 14.7. The van der Waals surface area contributed by atoms with Gasteiger partial charge in [-0.25, -0.2) is 5.43 Å². The molecule has 5 heterocycles. The minimum Gasteiger partial charge on any atom is -0.508 e. The molecule has 2 aromatic carbocycles. The minimum absolute atomic E-state index is 0.0339. The average molecular weight is 917 g/mol. The predicted octanol–water partition coefficient (Wildman–Crippen LogP) is 3.76. The van der Waals surface area contributed by atoms with Crippen molar-refractivity contribution in [3.05, 3.63) is 72.1 Å². The number of nitrogens with zero attached hydrogens (tertiary/aromatic N) is 6. The molecule has 4 N–H and O–H groups in total. The average Bonchev–Trinajstić information content (AvgIpc) is 3.84. The maximum absolute atomic E-state index is 14.7. The van der Waals surface area contributed by atoms with Crippen molar-refractivity contribution in [2.45, 2.75) is 97.0 Å². The first-order chi connectivity index (χ1) is 31.8. The highest BCUT2D eigenvalue weighted by Gasteiger charge is 2.48. The molecule has 2 fully saturated rings. The third-order valence-corrected chi connectivity index (χ3v) is 12.9. The highest BCUT2D eigenvalue weighted by Crippen LogP contribution is 2.40. The molecule has 6 bridgehead atoms. The third kappa shape index (κ3) is 10.6. The number of benzene rings is 2. The number of phenolic OH excluding ortho intramolecular Hbond substituents is 1. The smallest absolute Gasteiger partial charge is 0.324 e. The second kappa shape index (κ2) is 19.9. The van der Waals surface area contributed by atoms with Crippen LogP contribution in [0.1, 0.15) is 65.0 Å². The Balaban J connectivity index is 1.24. The first-order valence-corrected chi connectivity index (χ1v) is 23.1. The van der Waals surface area contributed by atoms with Crippen molar-refractivity contribution in [1.29, 1.82) is 0 Å². The number of β-amino-alcohol motifs (C(OH)–C–C–N with tert-alkyl or cyclic N) is 1. The highest BCUT2D eigenvalue weighted by molar-refractivity contribution is 5.98. The number of amides is 4. The number of esters is 1. The van der Waals surface area contributed by atoms with E-state index in [1.165, 1.54) is 21.9 Å². The number of aromatic hydroxyl groups is 1. The van der Waals surface area contributed by atoms with Crippen LogP contribution in [-0.2, 0) is 48.1 Å². The van der Waals surface area contributed by atoms with Gasteiger partial charge in [-0.1, -0.05) is 45.7 Å². The number of aromatic nitrogens is 2. The summed E-state index contributed by atoms with van der Waals surface area (Å²) in [5.74, 6) is 1.93. The molecule has 0 spiro atoms. The zero-order chi connectivity index (χ0) is 48.4. The standard InChI is InChI=1S/C51H64N8O8/c1-9-58-42-17-16-34-27-38(42)39(45(58)35-13-10-19-52-29-35)28-50(4,5)31-67-48(64)40-14-11-21-59(54-40)47(63)41(25-33-23-36(34)26-37(60)24-33)53-46(62)44(32(2)3)56(8)49(65)51(66)18-22-57(30-51)43(61)15-12-20-55(6)7/h10,13,16-17,19,23-24,26-27,29,32,40-41,44,54,60,66H,9,11,14,18,20-22,25,28,30-31H2,1-8H3,(H,53,62)/t40-,41-,44-,51+/m0/s1. The SMILES string of the molecule is CCn1c(-c2cccnc2)c2c3cc(ccc31)-c1cc(O)cc(c1)C[C@H](NC(=O)[C@H](C(C)C)N(C)C(=O)[C@@]1(O)CCN(C(=O)C#CCN(C)C)C1)C(=O)N1CCC[C@H](N1)C(=O)OCC(C)(C)C2. The van der Waals surface area contributed by atoms with Crippen LogP contribution >= 0.6 is 0 Å². The Morgan fingerprint density at radius 3 is 2.52 bits per heavy atom. The molecule has 16 nitrogen and oxygen atoms in total. The summed E-state index contributed by atoms with van der Waals surface area (Å²) in [5, 5.41) is 28.2. The summed E-state index contributed by atoms with van der Waals surface area (Å²) in [5.41, 5.74) is 6.75. The first kappa shape index (κ1) is 48.6. The van der Waals surface area contributed by atoms with Crippen LogP contribution in [0.15, 0.2) is 60.9 Å². The van der Waals surface area contributed by atoms with E-state index in [2.05, 4.69) is 65.0 Å². The van der Waals surface area contributed by atoms with Gasteiger partial charge in [-0.15, -0.1) is 0 Å². The summed E-state index contributed by atoms with van der Waals surface area (Å²) >= 11 is 0. The van der Waals surface area contributed by atoms with E-state index in [1.54, 1.807) is 32.2 Å². The molecule has 4 aromatic rings. The van der Waals surface area contributed by atoms with Crippen molar-refractivity contribution in [3.8, 4) is 40.0 Å². The Morgan fingerprint density at radius 2 is 1.82 bits per heavy atom. The molecule has 4 amide bonds. The number of hydrogen-bond acceptors (Lipinski definition) is 11. The van der Waals surface area contributed by atoms with Crippen LogP contribution in [0.5, 0.6) is 5.75 Å². The van der Waals surface area contributed by atoms with Crippen molar-refractivity contribution >= 4 is 40.5 Å². The molecule has 0 unspecified atom stereocenters. The lowest BCUT2D eigenvalue weighted by Gasteiger charge is -2.37. The van der Waals surface area contributed by atoms with Gasteiger partial charge in [-0.2, -0.15) is 0 Å². The van der Waals surface area contributed by atoms with Crippen LogP contribution in [-0.4, -0.2) is 147 Å². The zero-order valence-corrected chi connectivity index (χ0v) is 39.9. The fraction of sp³-hybridized carbons (Fsp3) is 0.490. The second-order valence-corrected chi connectivity index (χ2v) is 19.6. The number of phenols is 1. The Labute approximate surface area is 392 Å². The number of aryl methyl sites for hydroxylation is 1. The maximum Gasteiger partial charge on any atom is 0.324 e. The fourth-order valence-corrected chi connectivity index (χ4v) is 9.67. The van der Waals surface area contributed by atoms with Crippen LogP contribution in [0.2, 0.25) is 0 Å². The van der Waals surface area contributed by atoms with E-state index in [-0.39, 0.29) is 44.8 Å². The normalized spacial score (nSPS) is 21.4. The van der Waals surface area contributed by atoms with Crippen LogP contribution in [0, 0.1) is 23.2 Å². The van der Waals surface area contributed by atoms with E-state index in [1.807, 2.05) is 49.5 Å². The van der Waals surface area contributed by atoms with E-state index in [9.17, 15) is 34.2 Å². The molecule has 356 valence electrons. The summed E-state index contributed by atoms with van der Waals surface area (Å²) in [7, 11) is 5.08. The largest absolute Gasteiger partial charge is 0.508 e. The number of hydrazine groups is 1. The molecule has 16 heteroatoms. The van der Waals surface area contributed by atoms with Crippen LogP contribution in [0.25, 0.3) is 33.3 Å². The minimum atomic E-state index is -1.96. The van der Waals surface area contributed by atoms with E-state index in [4.69, 9.17) is 4.74 Å². The molecule has 7 rings (SSSR count). The van der Waals surface area contributed by atoms with E-state index >= 15 is 0 Å². The first-order valence-electron chi connectivity index (χ1n) is 23.1. The molecule has 0 aliphatic carbocycles. The van der Waals surface area contributed by atoms with Gasteiger partial charge < -0.3 is 34.6 Å². The van der Waals surface area contributed by atoms with Gasteiger partial charge in [-0.3, -0.25) is 38.9 Å². The number of carbonyl (C=O) groups is 5. The Morgan fingerprint density at radius 1 is 1.04 bits per heavy atom. The van der Waals surface area contributed by atoms with Crippen molar-refractivity contribution in [1.82, 2.24) is 40.0 Å². The number of nitrogens with one attached hydrogen (secondary N) is 2. The molecule has 2 aromatic heterocycles. The van der Waals surface area contributed by atoms with Gasteiger partial charge in [0.1, 0.15) is 23.9 Å². The molecule has 2 saturated heterocycles. The number of carbonyl (C=O) groups excluding carboxylic acids is 5. The number of hydrogen-bond donors (Lipinski definition) is 4. The molecule has 4 atom stereocenters. The lowest BCUT2D eigenvalue weighted by molar-refractivity contribution is -0.156. The predicted molar refractivity (Wildman–Crippen MR) is 254 cm³/mol. The van der Waals surface area contributed by atoms with Gasteiger partial charge in [0, 0.05) is 73.8 Å². The fourth-order valence-electron chi connectivity index (χ4n) is 9.67. The molecular weight excluding hydrogens is 853 g/mol. The monoisotopic (exact) mass is 916 g/mol. The molecule has 3 aliphatic rings. The van der Waals surface area contributed by atoms with Gasteiger partial charge in [0.2, 0.25) is 5.91 Å². The quantitative estimate of drug-likeness (QED) is 0.149. The van der Waals surface area contributed by atoms with Gasteiger partial charge in [0.15, 0.2) is 5.60 Å². The third-order valence-electron chi connectivity index (χ3n) is 12.9. The van der Waals surface area contributed by atoms with E-state index < -0.39 is 64.7 Å². The van der Waals surface area contributed by atoms with Crippen LogP contribution < -0.4 is 10.7 Å². The summed E-state index contributed by atoms with van der Waals surface area (Å²) < 4.78 is 8.32. The number of likely N-dealkylation sites (N-methyl/N-ethyl adjacent to an activating group) is 1. The topological polar surface area (TPSA) is 190 Å². The number of rotatable bonds is 8. The summed E-state index contributed by atoms with van der Waals surface area (Å²) in [6, 6.07) is 12.1. The number of ether oxygens (including phenoxy) is 1. The molecule has 0 saturated carbocycles. The van der Waals surface area contributed by atoms with Gasteiger partial charge in [0.25, 0.3) is 17.7 Å². The van der Waals surface area contributed by atoms with Crippen molar-refractivity contribution in [2.24, 2.45) is 11.3 Å². The number of aliphatic hydroxyl groups is 1. The zero-order valence-electron chi connectivity index (χ0n) is 39.9. The lowest BCUT2D eigenvalue weighted by atomic mass is 9.84. The second-order valence-electron chi connectivity index (χ2n) is 19.6. The van der Waals surface area contributed by atoms with Crippen molar-refractivity contribution < 1.29 is 38.9 Å². The van der Waals surface area contributed by atoms with Gasteiger partial charge in [0.05, 0.1) is 25.4 Å². The van der Waals surface area contributed by atoms with E-state index in [0.717, 1.165) is 33.3 Å². The molecule has 0 radical (unpaired) electrons. The van der Waals surface area contributed by atoms with Crippen molar-refractivity contribution in [2.75, 3.05) is 53.9 Å². The number of fused-ring (bicyclic) bond motifs is 6. The Kier molecular flexibility index (Phi) is 14.4. The highest BCUT2D eigenvalue weighted by atomic mass is 16.5. The molecular formula is C51H64N8O8. The van der Waals surface area contributed by atoms with Crippen molar-refractivity contribution in [3.63, 3.8) is 0 Å². The van der Waals surface area contributed by atoms with Crippen LogP contribution in [0.3, 0.4) is 0 Å². The lowest BCUT2D eigenvalue weighted by Crippen LogP contribution is -2.63. The van der Waals surface area contributed by atoms with Gasteiger partial charge in [-0.05, 0) is 111 Å². The molecule has 3 aliphatic heterocycles. The Bertz CT molecular complexity index is 2600.